The van der Waals surface area contributed by atoms with Crippen molar-refractivity contribution in [3.05, 3.63) is 58.9 Å². The molecule has 0 spiro atoms. The highest BCUT2D eigenvalue weighted by Crippen LogP contribution is 2.38. The van der Waals surface area contributed by atoms with Crippen LogP contribution in [0.5, 0.6) is 0 Å². The van der Waals surface area contributed by atoms with Crippen molar-refractivity contribution in [1.29, 1.82) is 0 Å². The van der Waals surface area contributed by atoms with Gasteiger partial charge in [0.2, 0.25) is 16.1 Å². The minimum atomic E-state index is -5.11. The summed E-state index contributed by atoms with van der Waals surface area (Å²) in [5, 5.41) is -0.232. The second-order valence-electron chi connectivity index (χ2n) is 7.03. The van der Waals surface area contributed by atoms with Gasteiger partial charge >= 0.3 is 12.1 Å². The number of benzene rings is 1. The molecule has 1 aliphatic heterocycles. The van der Waals surface area contributed by atoms with Gasteiger partial charge in [-0.3, -0.25) is 4.79 Å². The number of piperidine rings is 1. The van der Waals surface area contributed by atoms with Crippen molar-refractivity contribution in [2.24, 2.45) is 5.92 Å². The molecule has 0 aliphatic carbocycles. The van der Waals surface area contributed by atoms with Crippen LogP contribution in [0.1, 0.15) is 24.5 Å². The molecule has 1 aromatic carbocycles. The minimum absolute atomic E-state index is 0.113. The van der Waals surface area contributed by atoms with Crippen LogP contribution >= 0.6 is 11.6 Å². The fourth-order valence-electron chi connectivity index (χ4n) is 3.30. The van der Waals surface area contributed by atoms with E-state index < -0.39 is 51.4 Å². The fraction of sp³-hybridized carbons (Fsp3) is 0.368. The smallest absolute Gasteiger partial charge is 0.429 e. The number of ether oxygens (including phenoxy) is 1. The van der Waals surface area contributed by atoms with Gasteiger partial charge in [0.1, 0.15) is 21.7 Å². The number of halogens is 6. The van der Waals surface area contributed by atoms with Crippen molar-refractivity contribution in [2.45, 2.75) is 30.0 Å². The molecule has 1 aliphatic rings. The van der Waals surface area contributed by atoms with Gasteiger partial charge in [0, 0.05) is 30.9 Å². The summed E-state index contributed by atoms with van der Waals surface area (Å²) in [7, 11) is -4.02. The average Bonchev–Trinajstić information content (AvgIpc) is 2.70. The lowest BCUT2D eigenvalue weighted by molar-refractivity contribution is -0.226. The Morgan fingerprint density at radius 2 is 1.75 bits per heavy atom. The molecular weight excluding hydrogens is 483 g/mol. The first-order valence-electron chi connectivity index (χ1n) is 9.23. The Bertz CT molecular complexity index is 1080. The van der Waals surface area contributed by atoms with E-state index in [4.69, 9.17) is 11.6 Å². The Balaban J connectivity index is 1.71. The average molecular weight is 499 g/mol. The van der Waals surface area contributed by atoms with Gasteiger partial charge in [0.15, 0.2) is 0 Å². The summed E-state index contributed by atoms with van der Waals surface area (Å²) in [6.07, 6.45) is -6.89. The molecule has 1 saturated heterocycles. The van der Waals surface area contributed by atoms with E-state index >= 15 is 0 Å². The first-order chi connectivity index (χ1) is 14.9. The molecule has 0 saturated carbocycles. The summed E-state index contributed by atoms with van der Waals surface area (Å²) >= 11 is 5.84. The van der Waals surface area contributed by atoms with Crippen LogP contribution in [-0.4, -0.2) is 42.9 Å². The van der Waals surface area contributed by atoms with Gasteiger partial charge in [-0.1, -0.05) is 11.6 Å². The SMILES string of the molecule is O=C(OC(c1cc(F)cc(F)c1)C(F)(F)F)C1CCN(S(=O)(=O)c2cccnc2Cl)CC1. The maximum Gasteiger partial charge on any atom is 0.429 e. The second kappa shape index (κ2) is 9.28. The van der Waals surface area contributed by atoms with Crippen LogP contribution in [-0.2, 0) is 19.6 Å². The lowest BCUT2D eigenvalue weighted by Crippen LogP contribution is -2.41. The summed E-state index contributed by atoms with van der Waals surface area (Å²) in [4.78, 5) is 15.8. The standard InChI is InChI=1S/C19H16ClF5N2O4S/c20-17-15(2-1-5-26-17)32(29,30)27-6-3-11(4-7-27)18(28)31-16(19(23,24)25)12-8-13(21)10-14(22)9-12/h1-2,5,8-11,16H,3-4,6-7H2. The molecule has 1 unspecified atom stereocenters. The van der Waals surface area contributed by atoms with Gasteiger partial charge < -0.3 is 4.74 Å². The van der Waals surface area contributed by atoms with Gasteiger partial charge in [0.05, 0.1) is 5.92 Å². The number of nitrogens with zero attached hydrogens (tertiary/aromatic N) is 2. The van der Waals surface area contributed by atoms with E-state index in [0.29, 0.717) is 18.2 Å². The predicted molar refractivity (Wildman–Crippen MR) is 102 cm³/mol. The van der Waals surface area contributed by atoms with Crippen LogP contribution in [0.15, 0.2) is 41.4 Å². The zero-order valence-corrected chi connectivity index (χ0v) is 17.7. The predicted octanol–water partition coefficient (Wildman–Crippen LogP) is 4.26. The normalized spacial score (nSPS) is 17.2. The van der Waals surface area contributed by atoms with Gasteiger partial charge in [0.25, 0.3) is 0 Å². The van der Waals surface area contributed by atoms with Gasteiger partial charge in [-0.15, -0.1) is 0 Å². The largest absolute Gasteiger partial charge is 0.447 e. The molecule has 0 amide bonds. The zero-order valence-electron chi connectivity index (χ0n) is 16.2. The third kappa shape index (κ3) is 5.36. The van der Waals surface area contributed by atoms with Crippen LogP contribution in [0, 0.1) is 17.6 Å². The highest BCUT2D eigenvalue weighted by atomic mass is 35.5. The molecule has 13 heteroatoms. The number of sulfonamides is 1. The monoisotopic (exact) mass is 498 g/mol. The van der Waals surface area contributed by atoms with Crippen LogP contribution < -0.4 is 0 Å². The first-order valence-corrected chi connectivity index (χ1v) is 11.1. The first kappa shape index (κ1) is 24.3. The van der Waals surface area contributed by atoms with E-state index in [1.807, 2.05) is 0 Å². The van der Waals surface area contributed by atoms with Gasteiger partial charge in [-0.25, -0.2) is 22.2 Å². The highest BCUT2D eigenvalue weighted by Gasteiger charge is 2.46. The van der Waals surface area contributed by atoms with Crippen LogP contribution in [0.3, 0.4) is 0 Å². The number of hydrogen-bond acceptors (Lipinski definition) is 5. The molecule has 1 aromatic heterocycles. The molecule has 32 heavy (non-hydrogen) atoms. The zero-order chi connectivity index (χ0) is 23.7. The minimum Gasteiger partial charge on any atom is -0.447 e. The van der Waals surface area contributed by atoms with E-state index in [-0.39, 0.29) is 36.0 Å². The number of aromatic nitrogens is 1. The Labute approximate surface area is 185 Å². The van der Waals surface area contributed by atoms with E-state index in [2.05, 4.69) is 9.72 Å². The van der Waals surface area contributed by atoms with Crippen molar-refractivity contribution in [1.82, 2.24) is 9.29 Å². The number of pyridine rings is 1. The van der Waals surface area contributed by atoms with Crippen LogP contribution in [0.4, 0.5) is 22.0 Å². The number of alkyl halides is 3. The van der Waals surface area contributed by atoms with E-state index in [1.165, 1.54) is 18.3 Å². The summed E-state index contributed by atoms with van der Waals surface area (Å²) in [5.74, 6) is -4.78. The molecule has 2 aromatic rings. The summed E-state index contributed by atoms with van der Waals surface area (Å²) in [6.45, 7) is -0.336. The third-order valence-electron chi connectivity index (χ3n) is 4.85. The van der Waals surface area contributed by atoms with Crippen LogP contribution in [0.25, 0.3) is 0 Å². The number of rotatable bonds is 5. The lowest BCUT2D eigenvalue weighted by atomic mass is 9.98. The highest BCUT2D eigenvalue weighted by molar-refractivity contribution is 7.89. The Hall–Kier alpha value is -2.31. The molecule has 174 valence electrons. The lowest BCUT2D eigenvalue weighted by Gasteiger charge is -2.31. The molecule has 0 bridgehead atoms. The van der Waals surface area contributed by atoms with Crippen molar-refractivity contribution < 1.29 is 39.9 Å². The third-order valence-corrected chi connectivity index (χ3v) is 7.19. The van der Waals surface area contributed by atoms with E-state index in [1.54, 1.807) is 0 Å². The maximum atomic E-state index is 13.4. The van der Waals surface area contributed by atoms with Crippen molar-refractivity contribution in [2.75, 3.05) is 13.1 Å². The molecule has 0 N–H and O–H groups in total. The molecule has 1 atom stereocenters. The van der Waals surface area contributed by atoms with Gasteiger partial charge in [-0.05, 0) is 37.1 Å². The summed E-state index contributed by atoms with van der Waals surface area (Å²) in [6, 6.07) is 3.90. The molecule has 3 rings (SSSR count). The van der Waals surface area contributed by atoms with Crippen LogP contribution in [0.2, 0.25) is 5.15 Å². The van der Waals surface area contributed by atoms with Crippen molar-refractivity contribution in [3.8, 4) is 0 Å². The van der Waals surface area contributed by atoms with E-state index in [0.717, 1.165) is 4.31 Å². The topological polar surface area (TPSA) is 76.6 Å². The van der Waals surface area contributed by atoms with Crippen molar-refractivity contribution in [3.63, 3.8) is 0 Å². The molecule has 2 heterocycles. The van der Waals surface area contributed by atoms with Crippen molar-refractivity contribution >= 4 is 27.6 Å². The Kier molecular flexibility index (Phi) is 7.06. The fourth-order valence-corrected chi connectivity index (χ4v) is 5.20. The molecule has 1 fully saturated rings. The maximum absolute atomic E-state index is 13.4. The molecular formula is C19H16ClF5N2O4S. The van der Waals surface area contributed by atoms with E-state index in [9.17, 15) is 35.2 Å². The number of hydrogen-bond donors (Lipinski definition) is 0. The number of carbonyl (C=O) groups is 1. The second-order valence-corrected chi connectivity index (χ2v) is 9.30. The number of carbonyl (C=O) groups excluding carboxylic acids is 1. The quantitative estimate of drug-likeness (QED) is 0.350. The number of esters is 1. The Morgan fingerprint density at radius 1 is 1.16 bits per heavy atom. The Morgan fingerprint density at radius 3 is 2.28 bits per heavy atom. The summed E-state index contributed by atoms with van der Waals surface area (Å²) in [5.41, 5.74) is -0.894. The summed E-state index contributed by atoms with van der Waals surface area (Å²) < 4.78 is 98.0. The molecule has 6 nitrogen and oxygen atoms in total. The van der Waals surface area contributed by atoms with Gasteiger partial charge in [-0.2, -0.15) is 17.5 Å². The molecule has 0 radical (unpaired) electrons.